The zero-order chi connectivity index (χ0) is 47.7. The number of ether oxygens (including phenoxy) is 2. The molecule has 68 heavy (non-hydrogen) atoms. The maximum atomic E-state index is 11.5. The van der Waals surface area contributed by atoms with Gasteiger partial charge in [0.05, 0.1) is 71.6 Å². The molecule has 2 saturated carbocycles. The van der Waals surface area contributed by atoms with Crippen LogP contribution in [0.5, 0.6) is 11.5 Å². The second-order valence-electron chi connectivity index (χ2n) is 16.5. The summed E-state index contributed by atoms with van der Waals surface area (Å²) in [6, 6.07) is 16.0. The summed E-state index contributed by atoms with van der Waals surface area (Å²) in [5.41, 5.74) is 11.2. The molecule has 0 aliphatic heterocycles. The van der Waals surface area contributed by atoms with Crippen LogP contribution in [0.1, 0.15) is 99.8 Å². The van der Waals surface area contributed by atoms with Gasteiger partial charge in [-0.3, -0.25) is 30.3 Å². The second-order valence-corrected chi connectivity index (χ2v) is 16.5. The van der Waals surface area contributed by atoms with E-state index < -0.39 is 4.92 Å². The van der Waals surface area contributed by atoms with Gasteiger partial charge in [-0.15, -0.1) is 0 Å². The summed E-state index contributed by atoms with van der Waals surface area (Å²) in [6.45, 7) is 5.10. The molecular weight excluding hydrogens is 866 g/mol. The molecule has 0 saturated heterocycles. The zero-order valence-electron chi connectivity index (χ0n) is 38.2. The second kappa shape index (κ2) is 24.3. The van der Waals surface area contributed by atoms with Crippen LogP contribution in [0.3, 0.4) is 0 Å². The number of nitrogens with zero attached hydrogens (tertiary/aromatic N) is 9. The summed E-state index contributed by atoms with van der Waals surface area (Å²) in [7, 11) is 3.50. The molecule has 352 valence electrons. The van der Waals surface area contributed by atoms with Crippen LogP contribution < -0.4 is 25.8 Å². The standard InChI is InChI=1S/C23H27BN7O4.C23H29BN7O2/c1-2-34-20-9-3-16(4-10-20)11-21-22(31(32)33)13-26-23(29-21)28-18-12-27-30(14-18)19-7-5-17(6-8-19)24-35-15-25;1-2-32-20-9-3-16(4-10-20)11-22-21(26)13-27-23(30-22)29-18-12-28-31(14-18)19-7-5-17(6-8-19)24-33-15-25/h3-4,9-10,12-15,17,19,25H,2,5-8,11H2,1H3,(H,26,28,29);3-4,9-10,12-15,17,19,25H,2,5-8,11,26H2,1H3,(H,27,29,30). The fourth-order valence-corrected chi connectivity index (χ4v) is 8.28. The quantitative estimate of drug-likeness (QED) is 0.0149. The lowest BCUT2D eigenvalue weighted by Gasteiger charge is -2.27. The molecule has 2 radical (unpaired) electrons. The topological polar surface area (TPSA) is 265 Å². The normalized spacial score (nSPS) is 17.6. The highest BCUT2D eigenvalue weighted by molar-refractivity contribution is 6.32. The van der Waals surface area contributed by atoms with Crippen LogP contribution in [0.25, 0.3) is 0 Å². The lowest BCUT2D eigenvalue weighted by molar-refractivity contribution is -0.386. The Bertz CT molecular complexity index is 2550. The maximum Gasteiger partial charge on any atom is 0.374 e. The summed E-state index contributed by atoms with van der Waals surface area (Å²) in [5.74, 6) is 3.11. The van der Waals surface area contributed by atoms with E-state index in [1.165, 1.54) is 6.20 Å². The Labute approximate surface area is 396 Å². The average molecular weight is 923 g/mol. The minimum atomic E-state index is -0.466. The van der Waals surface area contributed by atoms with Gasteiger partial charge in [0.15, 0.2) is 0 Å². The van der Waals surface area contributed by atoms with E-state index in [9.17, 15) is 10.1 Å². The van der Waals surface area contributed by atoms with Gasteiger partial charge in [-0.25, -0.2) is 19.9 Å². The largest absolute Gasteiger partial charge is 0.555 e. The van der Waals surface area contributed by atoms with E-state index in [-0.39, 0.29) is 17.7 Å². The van der Waals surface area contributed by atoms with Crippen molar-refractivity contribution in [2.45, 2.75) is 102 Å². The smallest absolute Gasteiger partial charge is 0.374 e. The SMILES string of the molecule is CCOc1ccc(Cc2nc(Nc3cnn(C4CCC([B]OC=N)CC4)c3)ncc2N)cc1.CCOc1ccc(Cc2nc(Nc3cnn(C4CCC([B]OC=N)CC4)c3)ncc2[N+](=O)[O-])cc1. The molecule has 2 aromatic carbocycles. The highest BCUT2D eigenvalue weighted by Crippen LogP contribution is 2.37. The molecule has 2 aliphatic carbocycles. The van der Waals surface area contributed by atoms with Gasteiger partial charge < -0.3 is 35.1 Å². The van der Waals surface area contributed by atoms with E-state index in [1.54, 1.807) is 33.6 Å². The molecule has 4 aromatic heterocycles. The Hall–Kier alpha value is -7.51. The number of rotatable bonds is 21. The molecule has 0 atom stereocenters. The Morgan fingerprint density at radius 2 is 1.13 bits per heavy atom. The molecule has 6 aromatic rings. The van der Waals surface area contributed by atoms with Crippen molar-refractivity contribution >= 4 is 62.4 Å². The number of nitrogens with two attached hydrogens (primary N) is 1. The fourth-order valence-electron chi connectivity index (χ4n) is 8.28. The lowest BCUT2D eigenvalue weighted by atomic mass is 9.69. The molecule has 2 fully saturated rings. The molecule has 0 unspecified atom stereocenters. The van der Waals surface area contributed by atoms with Gasteiger partial charge in [-0.05, 0) is 86.6 Å². The number of benzene rings is 2. The van der Waals surface area contributed by atoms with Gasteiger partial charge >= 0.3 is 20.7 Å². The summed E-state index contributed by atoms with van der Waals surface area (Å²) in [4.78, 5) is 28.6. The third-order valence-corrected chi connectivity index (χ3v) is 11.8. The predicted molar refractivity (Wildman–Crippen MR) is 261 cm³/mol. The van der Waals surface area contributed by atoms with Crippen molar-refractivity contribution in [2.24, 2.45) is 0 Å². The molecule has 2 aliphatic rings. The lowest BCUT2D eigenvalue weighted by Crippen LogP contribution is -2.19. The third-order valence-electron chi connectivity index (χ3n) is 11.8. The van der Waals surface area contributed by atoms with Crippen LogP contribution in [-0.2, 0) is 22.2 Å². The highest BCUT2D eigenvalue weighted by atomic mass is 16.6. The van der Waals surface area contributed by atoms with Crippen molar-refractivity contribution in [3.63, 3.8) is 0 Å². The first-order chi connectivity index (χ1) is 33.2. The minimum Gasteiger partial charge on any atom is -0.555 e. The van der Waals surface area contributed by atoms with Gasteiger partial charge in [0.2, 0.25) is 11.9 Å². The average Bonchev–Trinajstić information content (AvgIpc) is 4.03. The van der Waals surface area contributed by atoms with E-state index in [4.69, 9.17) is 35.3 Å². The van der Waals surface area contributed by atoms with Crippen LogP contribution in [-0.4, -0.2) is 85.4 Å². The Balaban J connectivity index is 0.000000202. The van der Waals surface area contributed by atoms with Crippen molar-refractivity contribution in [3.05, 3.63) is 118 Å². The van der Waals surface area contributed by atoms with Gasteiger partial charge in [0.25, 0.3) is 0 Å². The van der Waals surface area contributed by atoms with Gasteiger partial charge in [-0.1, -0.05) is 49.9 Å². The van der Waals surface area contributed by atoms with Crippen LogP contribution in [0.2, 0.25) is 11.6 Å². The predicted octanol–water partition coefficient (Wildman–Crippen LogP) is 8.60. The third kappa shape index (κ3) is 13.8. The number of hydrogen-bond acceptors (Lipinski definition) is 17. The number of nitrogen functional groups attached to an aromatic ring is 1. The Morgan fingerprint density at radius 1 is 0.691 bits per heavy atom. The summed E-state index contributed by atoms with van der Waals surface area (Å²) >= 11 is 0. The van der Waals surface area contributed by atoms with E-state index in [0.29, 0.717) is 66.7 Å². The summed E-state index contributed by atoms with van der Waals surface area (Å²) in [5, 5.41) is 40.9. The number of anilines is 5. The highest BCUT2D eigenvalue weighted by Gasteiger charge is 2.26. The molecule has 8 rings (SSSR count). The molecule has 0 bridgehead atoms. The number of nitrogens with one attached hydrogen (secondary N) is 4. The minimum absolute atomic E-state index is 0.124. The van der Waals surface area contributed by atoms with E-state index in [0.717, 1.165) is 98.2 Å². The van der Waals surface area contributed by atoms with Gasteiger partial charge in [0, 0.05) is 25.2 Å². The Kier molecular flexibility index (Phi) is 17.3. The number of aromatic nitrogens is 8. The first-order valence-corrected chi connectivity index (χ1v) is 22.8. The van der Waals surface area contributed by atoms with Crippen LogP contribution in [0.4, 0.5) is 34.6 Å². The first kappa shape index (κ1) is 48.4. The van der Waals surface area contributed by atoms with Gasteiger partial charge in [-0.2, -0.15) is 10.2 Å². The summed E-state index contributed by atoms with van der Waals surface area (Å²) in [6.07, 6.45) is 21.0. The fraction of sp³-hybridized carbons (Fsp3) is 0.391. The van der Waals surface area contributed by atoms with Crippen molar-refractivity contribution in [1.82, 2.24) is 39.5 Å². The summed E-state index contributed by atoms with van der Waals surface area (Å²) < 4.78 is 24.9. The molecule has 22 heteroatoms. The number of nitro groups is 1. The monoisotopic (exact) mass is 922 g/mol. The van der Waals surface area contributed by atoms with Crippen molar-refractivity contribution < 1.29 is 23.7 Å². The molecular formula is C46H56B2N14O6. The van der Waals surface area contributed by atoms with Crippen molar-refractivity contribution in [3.8, 4) is 11.5 Å². The molecule has 4 heterocycles. The molecule has 0 spiro atoms. The van der Waals surface area contributed by atoms with Crippen LogP contribution in [0.15, 0.2) is 85.7 Å². The van der Waals surface area contributed by atoms with Crippen LogP contribution >= 0.6 is 0 Å². The van der Waals surface area contributed by atoms with Crippen LogP contribution in [0, 0.1) is 20.9 Å². The van der Waals surface area contributed by atoms with Crippen molar-refractivity contribution in [2.75, 3.05) is 29.6 Å². The van der Waals surface area contributed by atoms with Gasteiger partial charge in [0.1, 0.15) is 36.2 Å². The molecule has 20 nitrogen and oxygen atoms in total. The molecule has 6 N–H and O–H groups in total. The molecule has 0 amide bonds. The van der Waals surface area contributed by atoms with E-state index in [2.05, 4.69) is 40.8 Å². The zero-order valence-corrected chi connectivity index (χ0v) is 38.2. The maximum absolute atomic E-state index is 11.5. The van der Waals surface area contributed by atoms with E-state index >= 15 is 0 Å². The van der Waals surface area contributed by atoms with Crippen molar-refractivity contribution in [1.29, 1.82) is 10.8 Å². The first-order valence-electron chi connectivity index (χ1n) is 22.8. The van der Waals surface area contributed by atoms with E-state index in [1.807, 2.05) is 84.1 Å². The number of hydrogen-bond donors (Lipinski definition) is 5. The Morgan fingerprint density at radius 3 is 1.57 bits per heavy atom.